The van der Waals surface area contributed by atoms with Crippen LogP contribution in [0, 0.1) is 0 Å². The van der Waals surface area contributed by atoms with Gasteiger partial charge in [0.2, 0.25) is 0 Å². The molecule has 1 atom stereocenters. The van der Waals surface area contributed by atoms with E-state index in [1.165, 1.54) is 5.56 Å². The molecule has 0 aliphatic heterocycles. The predicted molar refractivity (Wildman–Crippen MR) is 51.4 cm³/mol. The monoisotopic (exact) mass is 177 g/mol. The van der Waals surface area contributed by atoms with Crippen LogP contribution in [-0.4, -0.2) is 10.1 Å². The molecule has 0 fully saturated rings. The first-order valence-corrected chi connectivity index (χ1v) is 4.93. The van der Waals surface area contributed by atoms with Crippen LogP contribution < -0.4 is 0 Å². The van der Waals surface area contributed by atoms with Crippen molar-refractivity contribution in [3.05, 3.63) is 29.6 Å². The SMILES string of the molecule is CCCC1(O)CCc2cccnc21. The zero-order valence-corrected chi connectivity index (χ0v) is 7.95. The molecular weight excluding hydrogens is 162 g/mol. The molecule has 0 radical (unpaired) electrons. The number of pyridine rings is 1. The second kappa shape index (κ2) is 3.11. The molecule has 0 saturated carbocycles. The summed E-state index contributed by atoms with van der Waals surface area (Å²) < 4.78 is 0. The molecule has 13 heavy (non-hydrogen) atoms. The lowest BCUT2D eigenvalue weighted by molar-refractivity contribution is 0.0248. The van der Waals surface area contributed by atoms with Gasteiger partial charge >= 0.3 is 0 Å². The molecule has 0 spiro atoms. The quantitative estimate of drug-likeness (QED) is 0.749. The van der Waals surface area contributed by atoms with Crippen LogP contribution in [-0.2, 0) is 12.0 Å². The number of hydrogen-bond donors (Lipinski definition) is 1. The Balaban J connectivity index is 2.37. The van der Waals surface area contributed by atoms with E-state index < -0.39 is 5.60 Å². The van der Waals surface area contributed by atoms with Crippen molar-refractivity contribution in [1.29, 1.82) is 0 Å². The summed E-state index contributed by atoms with van der Waals surface area (Å²) in [6, 6.07) is 4.01. The Labute approximate surface area is 78.6 Å². The number of aliphatic hydroxyl groups is 1. The topological polar surface area (TPSA) is 33.1 Å². The third kappa shape index (κ3) is 1.35. The molecule has 0 saturated heterocycles. The first kappa shape index (κ1) is 8.70. The summed E-state index contributed by atoms with van der Waals surface area (Å²) >= 11 is 0. The molecule has 70 valence electrons. The van der Waals surface area contributed by atoms with Crippen molar-refractivity contribution < 1.29 is 5.11 Å². The molecule has 1 N–H and O–H groups in total. The van der Waals surface area contributed by atoms with Gasteiger partial charge in [-0.05, 0) is 30.9 Å². The van der Waals surface area contributed by atoms with Crippen LogP contribution in [0.4, 0.5) is 0 Å². The standard InChI is InChI=1S/C11H15NO/c1-2-6-11(13)7-5-9-4-3-8-12-10(9)11/h3-4,8,13H,2,5-7H2,1H3. The Bertz CT molecular complexity index is 307. The lowest BCUT2D eigenvalue weighted by Gasteiger charge is -2.21. The van der Waals surface area contributed by atoms with Crippen LogP contribution in [0.15, 0.2) is 18.3 Å². The average molecular weight is 177 g/mol. The number of aryl methyl sites for hydroxylation is 1. The summed E-state index contributed by atoms with van der Waals surface area (Å²) in [4.78, 5) is 4.28. The van der Waals surface area contributed by atoms with Crippen molar-refractivity contribution in [3.63, 3.8) is 0 Å². The van der Waals surface area contributed by atoms with Gasteiger partial charge < -0.3 is 5.11 Å². The van der Waals surface area contributed by atoms with Crippen LogP contribution in [0.2, 0.25) is 0 Å². The Morgan fingerprint density at radius 1 is 1.62 bits per heavy atom. The molecule has 0 bridgehead atoms. The fourth-order valence-electron chi connectivity index (χ4n) is 2.18. The predicted octanol–water partition coefficient (Wildman–Crippen LogP) is 2.02. The smallest absolute Gasteiger partial charge is 0.107 e. The van der Waals surface area contributed by atoms with Gasteiger partial charge in [-0.2, -0.15) is 0 Å². The summed E-state index contributed by atoms with van der Waals surface area (Å²) in [5.41, 5.74) is 1.50. The molecule has 0 amide bonds. The molecule has 2 rings (SSSR count). The van der Waals surface area contributed by atoms with E-state index in [4.69, 9.17) is 0 Å². The number of nitrogens with zero attached hydrogens (tertiary/aromatic N) is 1. The maximum absolute atomic E-state index is 10.3. The van der Waals surface area contributed by atoms with Crippen LogP contribution in [0.25, 0.3) is 0 Å². The number of fused-ring (bicyclic) bond motifs is 1. The van der Waals surface area contributed by atoms with Crippen molar-refractivity contribution >= 4 is 0 Å². The van der Waals surface area contributed by atoms with Gasteiger partial charge in [-0.1, -0.05) is 19.4 Å². The Kier molecular flexibility index (Phi) is 2.08. The van der Waals surface area contributed by atoms with Crippen molar-refractivity contribution in [1.82, 2.24) is 4.98 Å². The minimum absolute atomic E-state index is 0.634. The summed E-state index contributed by atoms with van der Waals surface area (Å²) in [6.07, 6.45) is 5.42. The number of aromatic nitrogens is 1. The normalized spacial score (nSPS) is 26.0. The van der Waals surface area contributed by atoms with Gasteiger partial charge in [0.25, 0.3) is 0 Å². The van der Waals surface area contributed by atoms with Crippen LogP contribution >= 0.6 is 0 Å². The maximum Gasteiger partial charge on any atom is 0.107 e. The van der Waals surface area contributed by atoms with E-state index in [0.717, 1.165) is 31.4 Å². The zero-order valence-electron chi connectivity index (χ0n) is 7.95. The largest absolute Gasteiger partial charge is 0.384 e. The highest BCUT2D eigenvalue weighted by Gasteiger charge is 2.36. The molecule has 2 heteroatoms. The van der Waals surface area contributed by atoms with Crippen LogP contribution in [0.5, 0.6) is 0 Å². The van der Waals surface area contributed by atoms with E-state index in [9.17, 15) is 5.11 Å². The van der Waals surface area contributed by atoms with E-state index >= 15 is 0 Å². The van der Waals surface area contributed by atoms with E-state index in [-0.39, 0.29) is 0 Å². The molecule has 1 aromatic rings. The fourth-order valence-corrected chi connectivity index (χ4v) is 2.18. The minimum atomic E-state index is -0.634. The van der Waals surface area contributed by atoms with E-state index in [1.54, 1.807) is 6.20 Å². The molecule has 1 unspecified atom stereocenters. The highest BCUT2D eigenvalue weighted by Crippen LogP contribution is 2.38. The van der Waals surface area contributed by atoms with Crippen molar-refractivity contribution in [2.24, 2.45) is 0 Å². The van der Waals surface area contributed by atoms with Crippen molar-refractivity contribution in [3.8, 4) is 0 Å². The molecular formula is C11H15NO. The third-order valence-electron chi connectivity index (χ3n) is 2.80. The number of rotatable bonds is 2. The number of hydrogen-bond acceptors (Lipinski definition) is 2. The molecule has 1 aliphatic rings. The first-order chi connectivity index (χ1) is 6.26. The molecule has 1 aromatic heterocycles. The maximum atomic E-state index is 10.3. The lowest BCUT2D eigenvalue weighted by Crippen LogP contribution is -2.22. The van der Waals surface area contributed by atoms with Crippen LogP contribution in [0.3, 0.4) is 0 Å². The fraction of sp³-hybridized carbons (Fsp3) is 0.545. The molecule has 1 heterocycles. The second-order valence-electron chi connectivity index (χ2n) is 3.79. The van der Waals surface area contributed by atoms with Gasteiger partial charge in [0.05, 0.1) is 5.69 Å². The summed E-state index contributed by atoms with van der Waals surface area (Å²) in [5, 5.41) is 10.3. The van der Waals surface area contributed by atoms with Gasteiger partial charge in [0.15, 0.2) is 0 Å². The highest BCUT2D eigenvalue weighted by molar-refractivity contribution is 5.30. The summed E-state index contributed by atoms with van der Waals surface area (Å²) in [5.74, 6) is 0. The van der Waals surface area contributed by atoms with Crippen molar-refractivity contribution in [2.75, 3.05) is 0 Å². The third-order valence-corrected chi connectivity index (χ3v) is 2.80. The summed E-state index contributed by atoms with van der Waals surface area (Å²) in [7, 11) is 0. The lowest BCUT2D eigenvalue weighted by atomic mass is 9.95. The van der Waals surface area contributed by atoms with Gasteiger partial charge in [0.1, 0.15) is 5.60 Å². The van der Waals surface area contributed by atoms with Gasteiger partial charge in [0, 0.05) is 6.20 Å². The molecule has 0 aromatic carbocycles. The van der Waals surface area contributed by atoms with E-state index in [0.29, 0.717) is 0 Å². The Morgan fingerprint density at radius 3 is 3.23 bits per heavy atom. The van der Waals surface area contributed by atoms with Crippen molar-refractivity contribution in [2.45, 2.75) is 38.2 Å². The van der Waals surface area contributed by atoms with E-state index in [2.05, 4.69) is 18.0 Å². The van der Waals surface area contributed by atoms with E-state index in [1.807, 2.05) is 6.07 Å². The zero-order chi connectivity index (χ0) is 9.31. The summed E-state index contributed by atoms with van der Waals surface area (Å²) in [6.45, 7) is 2.10. The van der Waals surface area contributed by atoms with Gasteiger partial charge in [-0.25, -0.2) is 0 Å². The first-order valence-electron chi connectivity index (χ1n) is 4.93. The van der Waals surface area contributed by atoms with Gasteiger partial charge in [-0.3, -0.25) is 4.98 Å². The molecule has 2 nitrogen and oxygen atoms in total. The molecule has 1 aliphatic carbocycles. The van der Waals surface area contributed by atoms with Gasteiger partial charge in [-0.15, -0.1) is 0 Å². The average Bonchev–Trinajstić information content (AvgIpc) is 2.46. The minimum Gasteiger partial charge on any atom is -0.384 e. The Hall–Kier alpha value is -0.890. The van der Waals surface area contributed by atoms with Crippen LogP contribution in [0.1, 0.15) is 37.4 Å². The Morgan fingerprint density at radius 2 is 2.46 bits per heavy atom. The second-order valence-corrected chi connectivity index (χ2v) is 3.79. The highest BCUT2D eigenvalue weighted by atomic mass is 16.3.